The summed E-state index contributed by atoms with van der Waals surface area (Å²) in [7, 11) is 0. The maximum atomic E-state index is 9.59. The minimum absolute atomic E-state index is 0.334. The lowest BCUT2D eigenvalue weighted by atomic mass is 9.90. The fourth-order valence-electron chi connectivity index (χ4n) is 10.7. The van der Waals surface area contributed by atoms with E-state index >= 15 is 0 Å². The second-order valence-electron chi connectivity index (χ2n) is 18.3. The third-order valence-corrected chi connectivity index (χ3v) is 13.8. The topological polar surface area (TPSA) is 100 Å². The lowest BCUT2D eigenvalue weighted by Gasteiger charge is -2.36. The Hall–Kier alpha value is -2.82. The summed E-state index contributed by atoms with van der Waals surface area (Å²) in [5.41, 5.74) is 10.6. The number of nitrogens with two attached hydrogens (primary N) is 1. The number of benzene rings is 2. The molecule has 1 unspecified atom stereocenters. The molecule has 4 heterocycles. The van der Waals surface area contributed by atoms with Crippen LogP contribution in [0.2, 0.25) is 0 Å². The van der Waals surface area contributed by atoms with Crippen molar-refractivity contribution in [2.75, 3.05) is 52.4 Å². The Labute approximate surface area is 344 Å². The maximum absolute atomic E-state index is 9.59. The highest BCUT2D eigenvalue weighted by Gasteiger charge is 2.28. The second kappa shape index (κ2) is 22.0. The zero-order valence-electron chi connectivity index (χ0n) is 35.5. The van der Waals surface area contributed by atoms with Crippen LogP contribution >= 0.6 is 0 Å². The molecule has 2 saturated heterocycles. The van der Waals surface area contributed by atoms with Crippen LogP contribution in [-0.4, -0.2) is 92.5 Å². The van der Waals surface area contributed by atoms with Crippen LogP contribution in [0.3, 0.4) is 0 Å². The van der Waals surface area contributed by atoms with Gasteiger partial charge >= 0.3 is 0 Å². The van der Waals surface area contributed by atoms with Gasteiger partial charge in [-0.15, -0.1) is 0 Å². The third-order valence-electron chi connectivity index (χ3n) is 13.8. The number of fused-ring (bicyclic) bond motifs is 2. The smallest absolute Gasteiger partial charge is 0.124 e. The predicted molar refractivity (Wildman–Crippen MR) is 237 cm³/mol. The molecular weight excluding hydrogens is 705 g/mol. The zero-order chi connectivity index (χ0) is 39.2. The fourth-order valence-corrected chi connectivity index (χ4v) is 10.7. The summed E-state index contributed by atoms with van der Waals surface area (Å²) >= 11 is 0. The van der Waals surface area contributed by atoms with Crippen LogP contribution in [0, 0.1) is 11.8 Å². The molecule has 9 heteroatoms. The second-order valence-corrected chi connectivity index (χ2v) is 18.3. The molecule has 2 aliphatic heterocycles. The molecule has 0 bridgehead atoms. The van der Waals surface area contributed by atoms with Gasteiger partial charge in [0.15, 0.2) is 0 Å². The zero-order valence-corrected chi connectivity index (χ0v) is 35.5. The summed E-state index contributed by atoms with van der Waals surface area (Å²) in [6, 6.07) is 18.2. The standard InChI is InChI=1S/C25H40N4O.C23H36N4/c1-20(30)17-26-18-25-27-23-11-7-8-12-24(23)29(25)22-13-15-28(16-14-22)19-21-9-5-3-2-4-6-10-21;24-15-12-23-25-21-10-6-7-11-22(21)27(23)20-13-16-26(17-14-20)18-19-8-4-2-1-3-5-9-19/h7-8,11-12,20-22,26,30H,2-6,9-10,13-19H2,1H3;6-7,10-11,19-20H,1-5,8-9,12-18,24H2. The molecule has 9 nitrogen and oxygen atoms in total. The van der Waals surface area contributed by atoms with Gasteiger partial charge in [-0.2, -0.15) is 0 Å². The Morgan fingerprint density at radius 3 is 1.49 bits per heavy atom. The van der Waals surface area contributed by atoms with E-state index in [1.54, 1.807) is 0 Å². The van der Waals surface area contributed by atoms with Gasteiger partial charge in [0.1, 0.15) is 11.6 Å². The number of aliphatic hydroxyl groups excluding tert-OH is 1. The molecule has 8 rings (SSSR count). The summed E-state index contributed by atoms with van der Waals surface area (Å²) in [5.74, 6) is 4.13. The molecule has 2 aromatic carbocycles. The number of hydrogen-bond acceptors (Lipinski definition) is 7. The highest BCUT2D eigenvalue weighted by Crippen LogP contribution is 2.33. The first-order valence-electron chi connectivity index (χ1n) is 23.5. The van der Waals surface area contributed by atoms with E-state index in [2.05, 4.69) is 72.8 Å². The Bertz CT molecular complexity index is 1730. The van der Waals surface area contributed by atoms with Gasteiger partial charge in [-0.3, -0.25) is 0 Å². The monoisotopic (exact) mass is 781 g/mol. The summed E-state index contributed by atoms with van der Waals surface area (Å²) in [5, 5.41) is 13.0. The molecule has 0 amide bonds. The van der Waals surface area contributed by atoms with Crippen molar-refractivity contribution in [3.8, 4) is 0 Å². The van der Waals surface area contributed by atoms with E-state index in [1.165, 1.54) is 172 Å². The van der Waals surface area contributed by atoms with Gasteiger partial charge in [0.2, 0.25) is 0 Å². The van der Waals surface area contributed by atoms with E-state index in [1.807, 2.05) is 6.92 Å². The van der Waals surface area contributed by atoms with Crippen molar-refractivity contribution < 1.29 is 5.11 Å². The summed E-state index contributed by atoms with van der Waals surface area (Å²) < 4.78 is 4.99. The average Bonchev–Trinajstić information content (AvgIpc) is 3.76. The van der Waals surface area contributed by atoms with Crippen LogP contribution in [0.25, 0.3) is 22.1 Å². The van der Waals surface area contributed by atoms with Crippen LogP contribution in [0.1, 0.15) is 146 Å². The molecule has 4 aromatic rings. The fraction of sp³-hybridized carbons (Fsp3) is 0.708. The van der Waals surface area contributed by atoms with Gasteiger partial charge in [-0.1, -0.05) is 88.5 Å². The summed E-state index contributed by atoms with van der Waals surface area (Å²) in [6.07, 6.45) is 25.7. The Morgan fingerprint density at radius 1 is 0.614 bits per heavy atom. The van der Waals surface area contributed by atoms with Crippen LogP contribution in [0.5, 0.6) is 0 Å². The molecule has 1 atom stereocenters. The van der Waals surface area contributed by atoms with Gasteiger partial charge in [0.05, 0.1) is 34.7 Å². The number of aromatic nitrogens is 4. The number of para-hydroxylation sites is 4. The number of likely N-dealkylation sites (tertiary alicyclic amines) is 2. The molecule has 0 radical (unpaired) electrons. The van der Waals surface area contributed by atoms with E-state index in [-0.39, 0.29) is 6.10 Å². The highest BCUT2D eigenvalue weighted by molar-refractivity contribution is 5.76. The lowest BCUT2D eigenvalue weighted by molar-refractivity contribution is 0.151. The molecule has 314 valence electrons. The number of hydrogen-bond donors (Lipinski definition) is 3. The van der Waals surface area contributed by atoms with Crippen molar-refractivity contribution in [1.29, 1.82) is 0 Å². The van der Waals surface area contributed by atoms with E-state index in [0.717, 1.165) is 35.1 Å². The predicted octanol–water partition coefficient (Wildman–Crippen LogP) is 9.04. The molecule has 4 N–H and O–H groups in total. The Balaban J connectivity index is 0.000000175. The third kappa shape index (κ3) is 11.9. The molecule has 4 fully saturated rings. The number of imidazole rings is 2. The Kier molecular flexibility index (Phi) is 16.3. The summed E-state index contributed by atoms with van der Waals surface area (Å²) in [4.78, 5) is 15.3. The number of piperidine rings is 2. The first-order valence-corrected chi connectivity index (χ1v) is 23.5. The Morgan fingerprint density at radius 2 is 1.04 bits per heavy atom. The lowest BCUT2D eigenvalue weighted by Crippen LogP contribution is -2.38. The number of nitrogens with zero attached hydrogens (tertiary/aromatic N) is 6. The largest absolute Gasteiger partial charge is 0.392 e. The van der Waals surface area contributed by atoms with Crippen LogP contribution in [0.15, 0.2) is 48.5 Å². The van der Waals surface area contributed by atoms with Crippen molar-refractivity contribution in [2.24, 2.45) is 17.6 Å². The van der Waals surface area contributed by atoms with Crippen molar-refractivity contribution >= 4 is 22.1 Å². The van der Waals surface area contributed by atoms with Gasteiger partial charge < -0.3 is 35.1 Å². The van der Waals surface area contributed by atoms with E-state index in [9.17, 15) is 5.11 Å². The van der Waals surface area contributed by atoms with Gasteiger partial charge in [0, 0.05) is 64.3 Å². The van der Waals surface area contributed by atoms with Crippen molar-refractivity contribution in [3.05, 3.63) is 60.2 Å². The molecule has 0 spiro atoms. The minimum Gasteiger partial charge on any atom is -0.392 e. The minimum atomic E-state index is -0.334. The quantitative estimate of drug-likeness (QED) is 0.132. The molecule has 4 aliphatic rings. The van der Waals surface area contributed by atoms with Crippen molar-refractivity contribution in [1.82, 2.24) is 34.2 Å². The molecule has 2 aliphatic carbocycles. The van der Waals surface area contributed by atoms with E-state index in [4.69, 9.17) is 15.7 Å². The van der Waals surface area contributed by atoms with Gasteiger partial charge in [-0.25, -0.2) is 9.97 Å². The summed E-state index contributed by atoms with van der Waals surface area (Å²) in [6.45, 7) is 11.3. The van der Waals surface area contributed by atoms with Crippen LogP contribution < -0.4 is 11.1 Å². The van der Waals surface area contributed by atoms with Crippen LogP contribution in [0.4, 0.5) is 0 Å². The van der Waals surface area contributed by atoms with E-state index < -0.39 is 0 Å². The van der Waals surface area contributed by atoms with Crippen LogP contribution in [-0.2, 0) is 13.0 Å². The van der Waals surface area contributed by atoms with Crippen molar-refractivity contribution in [3.63, 3.8) is 0 Å². The van der Waals surface area contributed by atoms with Gasteiger partial charge in [0.25, 0.3) is 0 Å². The highest BCUT2D eigenvalue weighted by atomic mass is 16.3. The van der Waals surface area contributed by atoms with E-state index in [0.29, 0.717) is 31.7 Å². The molecule has 2 aromatic heterocycles. The number of nitrogens with one attached hydrogen (secondary N) is 1. The molecule has 2 saturated carbocycles. The first kappa shape index (κ1) is 42.3. The average molecular weight is 781 g/mol. The number of rotatable bonds is 12. The number of aliphatic hydroxyl groups is 1. The van der Waals surface area contributed by atoms with Crippen molar-refractivity contribution in [2.45, 2.75) is 154 Å². The SMILES string of the molecule is CC(O)CNCc1nc2ccccc2n1C1CCN(CC2CCCCCCC2)CC1.NCCc1nc2ccccc2n1C1CCN(CC2CCCCCCC2)CC1. The normalized spacial score (nSPS) is 21.5. The molecular formula is C48H76N8O. The maximum Gasteiger partial charge on any atom is 0.124 e. The first-order chi connectivity index (χ1) is 28.1. The molecule has 57 heavy (non-hydrogen) atoms. The van der Waals surface area contributed by atoms with Gasteiger partial charge in [-0.05, 0) is 101 Å².